The Hall–Kier alpha value is -1.06. The molecule has 0 bridgehead atoms. The number of halogens is 5. The van der Waals surface area contributed by atoms with E-state index in [0.29, 0.717) is 5.56 Å². The predicted octanol–water partition coefficient (Wildman–Crippen LogP) is 5.47. The van der Waals surface area contributed by atoms with Crippen LogP contribution in [0.2, 0.25) is 0 Å². The molecule has 9 heteroatoms. The Balaban J connectivity index is 2.36. The number of benzene rings is 1. The van der Waals surface area contributed by atoms with Gasteiger partial charge in [0, 0.05) is 0 Å². The summed E-state index contributed by atoms with van der Waals surface area (Å²) in [5, 5.41) is 2.91. The van der Waals surface area contributed by atoms with E-state index in [2.05, 4.69) is 10.0 Å². The van der Waals surface area contributed by atoms with Gasteiger partial charge in [-0.3, -0.25) is 0 Å². The van der Waals surface area contributed by atoms with Gasteiger partial charge in [0.25, 0.3) is 0 Å². The number of rotatable bonds is 5. The molecule has 1 aromatic carbocycles. The van der Waals surface area contributed by atoms with E-state index < -0.39 is 48.7 Å². The van der Waals surface area contributed by atoms with Gasteiger partial charge in [-0.05, 0) is 0 Å². The summed E-state index contributed by atoms with van der Waals surface area (Å²) < 4.78 is 58.1. The first-order chi connectivity index (χ1) is 10.1. The Kier molecular flexibility index (Phi) is 4.61. The van der Waals surface area contributed by atoms with E-state index in [0.717, 1.165) is 0 Å². The van der Waals surface area contributed by atoms with Crippen molar-refractivity contribution >= 4 is 20.2 Å². The topological polar surface area (TPSA) is 58.0 Å². The minimum absolute atomic E-state index is 0.213. The average Bonchev–Trinajstić information content (AvgIpc) is 2.72. The minimum atomic E-state index is -4.28. The van der Waals surface area contributed by atoms with Crippen LogP contribution in [0.5, 0.6) is 0 Å². The number of fused-ring (bicyclic) bond motifs is 1. The maximum absolute atomic E-state index is 14.4. The molecular formula is C13H14F4IN3O. The molecule has 0 aromatic heterocycles. The summed E-state index contributed by atoms with van der Waals surface area (Å²) >= 11 is -3.92. The van der Waals surface area contributed by atoms with Gasteiger partial charge < -0.3 is 0 Å². The van der Waals surface area contributed by atoms with E-state index in [4.69, 9.17) is 8.60 Å². The summed E-state index contributed by atoms with van der Waals surface area (Å²) in [6.45, 7) is 2.50. The second kappa shape index (κ2) is 5.86. The van der Waals surface area contributed by atoms with Crippen molar-refractivity contribution in [2.45, 2.75) is 35.7 Å². The first-order valence-electron chi connectivity index (χ1n) is 6.39. The average molecular weight is 431 g/mol. The zero-order valence-electron chi connectivity index (χ0n) is 11.9. The van der Waals surface area contributed by atoms with Crippen LogP contribution in [0.15, 0.2) is 29.4 Å². The van der Waals surface area contributed by atoms with Crippen LogP contribution in [-0.4, -0.2) is 16.4 Å². The van der Waals surface area contributed by atoms with Crippen LogP contribution in [-0.2, 0) is 8.67 Å². The third kappa shape index (κ3) is 2.89. The van der Waals surface area contributed by atoms with Gasteiger partial charge in [0.15, 0.2) is 0 Å². The van der Waals surface area contributed by atoms with Crippen LogP contribution < -0.4 is 0 Å². The molecule has 1 aliphatic heterocycles. The summed E-state index contributed by atoms with van der Waals surface area (Å²) in [6.07, 6.45) is -1.20. The summed E-state index contributed by atoms with van der Waals surface area (Å²) in [4.78, 5) is 2.31. The monoisotopic (exact) mass is 431 g/mol. The van der Waals surface area contributed by atoms with E-state index in [1.807, 2.05) is 0 Å². The molecule has 1 aromatic rings. The third-order valence-electron chi connectivity index (χ3n) is 3.20. The van der Waals surface area contributed by atoms with Crippen LogP contribution in [0.4, 0.5) is 17.6 Å². The first kappa shape index (κ1) is 17.3. The molecule has 0 atom stereocenters. The molecule has 0 aliphatic carbocycles. The molecule has 4 nitrogen and oxygen atoms in total. The predicted molar refractivity (Wildman–Crippen MR) is 81.8 cm³/mol. The van der Waals surface area contributed by atoms with Crippen molar-refractivity contribution in [1.82, 2.24) is 0 Å². The van der Waals surface area contributed by atoms with Crippen molar-refractivity contribution in [1.29, 1.82) is 0 Å². The van der Waals surface area contributed by atoms with Gasteiger partial charge in [0.1, 0.15) is 0 Å². The quantitative estimate of drug-likeness (QED) is 0.152. The van der Waals surface area contributed by atoms with Gasteiger partial charge in [0.05, 0.1) is 0 Å². The molecule has 0 fully saturated rings. The Morgan fingerprint density at radius 3 is 2.55 bits per heavy atom. The second-order valence-electron chi connectivity index (χ2n) is 5.22. The number of azide groups is 1. The zero-order valence-corrected chi connectivity index (χ0v) is 14.0. The van der Waals surface area contributed by atoms with Gasteiger partial charge >= 0.3 is 132 Å². The number of hydrogen-bond acceptors (Lipinski definition) is 2. The van der Waals surface area contributed by atoms with Crippen molar-refractivity contribution in [3.8, 4) is 0 Å². The van der Waals surface area contributed by atoms with Crippen LogP contribution >= 0.6 is 20.2 Å². The van der Waals surface area contributed by atoms with E-state index in [1.54, 1.807) is 32.0 Å². The number of nitrogens with zero attached hydrogens (tertiary/aromatic N) is 3. The summed E-state index contributed by atoms with van der Waals surface area (Å²) in [7, 11) is 0. The summed E-state index contributed by atoms with van der Waals surface area (Å²) in [6, 6.07) is 6.27. The molecule has 0 saturated heterocycles. The fourth-order valence-electron chi connectivity index (χ4n) is 2.05. The van der Waals surface area contributed by atoms with E-state index in [1.165, 1.54) is 6.07 Å². The van der Waals surface area contributed by atoms with Crippen LogP contribution in [0.1, 0.15) is 25.8 Å². The molecule has 0 spiro atoms. The first-order valence-corrected chi connectivity index (χ1v) is 9.43. The van der Waals surface area contributed by atoms with E-state index in [-0.39, 0.29) is 3.57 Å². The molecule has 2 rings (SSSR count). The summed E-state index contributed by atoms with van der Waals surface area (Å²) in [5.41, 5.74) is 7.61. The molecule has 0 saturated carbocycles. The Bertz CT molecular complexity index is 617. The zero-order chi connectivity index (χ0) is 16.6. The van der Waals surface area contributed by atoms with Gasteiger partial charge in [-0.25, -0.2) is 0 Å². The maximum atomic E-state index is 14.4. The standard InChI is InChI=1S/C13H14F4IN3O/c1-11(2)9-5-3-4-6-10(9)18(22-11)13(16,17)12(14,15)7-8-20-21-19/h3-6H,7-8H2,1-2H3. The molecular weight excluding hydrogens is 417 g/mol. The van der Waals surface area contributed by atoms with Gasteiger partial charge in [-0.1, -0.05) is 0 Å². The van der Waals surface area contributed by atoms with Crippen molar-refractivity contribution in [2.24, 2.45) is 5.11 Å². The molecule has 0 radical (unpaired) electrons. The van der Waals surface area contributed by atoms with Crippen molar-refractivity contribution in [2.75, 3.05) is 6.54 Å². The molecule has 0 unspecified atom stereocenters. The van der Waals surface area contributed by atoms with Crippen molar-refractivity contribution in [3.63, 3.8) is 0 Å². The fourth-order valence-corrected chi connectivity index (χ4v) is 7.51. The van der Waals surface area contributed by atoms with Crippen molar-refractivity contribution < 1.29 is 20.6 Å². The third-order valence-corrected chi connectivity index (χ3v) is 8.75. The van der Waals surface area contributed by atoms with E-state index in [9.17, 15) is 17.6 Å². The normalized spacial score (nSPS) is 18.7. The molecule has 1 heterocycles. The second-order valence-corrected chi connectivity index (χ2v) is 9.60. The molecule has 0 N–H and O–H groups in total. The van der Waals surface area contributed by atoms with Crippen molar-refractivity contribution in [3.05, 3.63) is 43.8 Å². The van der Waals surface area contributed by atoms with Gasteiger partial charge in [-0.2, -0.15) is 0 Å². The van der Waals surface area contributed by atoms with E-state index >= 15 is 0 Å². The van der Waals surface area contributed by atoms with Crippen LogP contribution in [0, 0.1) is 3.57 Å². The Morgan fingerprint density at radius 1 is 1.27 bits per heavy atom. The molecule has 122 valence electrons. The summed E-state index contributed by atoms with van der Waals surface area (Å²) in [5.74, 6) is -4.28. The van der Waals surface area contributed by atoms with Gasteiger partial charge in [0.2, 0.25) is 0 Å². The fraction of sp³-hybridized carbons (Fsp3) is 0.538. The molecule has 1 aliphatic rings. The Labute approximate surface area is 132 Å². The SMILES string of the molecule is CC1(C)OI(C(F)(F)C(F)(F)CCN=[N+]=[N-])c2ccccc21. The van der Waals surface area contributed by atoms with Gasteiger partial charge in [-0.15, -0.1) is 0 Å². The Morgan fingerprint density at radius 2 is 1.91 bits per heavy atom. The molecule has 22 heavy (non-hydrogen) atoms. The molecule has 0 amide bonds. The van der Waals surface area contributed by atoms with Crippen LogP contribution in [0.3, 0.4) is 0 Å². The number of hydrogen-bond donors (Lipinski definition) is 0. The van der Waals surface area contributed by atoms with Crippen LogP contribution in [0.25, 0.3) is 10.4 Å². The number of alkyl halides is 5.